The van der Waals surface area contributed by atoms with Crippen molar-refractivity contribution in [1.29, 1.82) is 0 Å². The van der Waals surface area contributed by atoms with Gasteiger partial charge in [0.2, 0.25) is 0 Å². The molecule has 0 fully saturated rings. The molecule has 4 aliphatic heterocycles. The molecule has 6 nitrogen and oxygen atoms in total. The molecule has 212 valence electrons. The lowest BCUT2D eigenvalue weighted by Gasteiger charge is -2.31. The minimum atomic E-state index is -0.274. The van der Waals surface area contributed by atoms with Crippen LogP contribution < -0.4 is 4.74 Å². The Kier molecular flexibility index (Phi) is 5.52. The summed E-state index contributed by atoms with van der Waals surface area (Å²) in [5, 5.41) is 0. The molecule has 0 atom stereocenters. The lowest BCUT2D eigenvalue weighted by molar-refractivity contribution is -0.122. The number of carbonyl (C=O) groups excluding carboxylic acids is 3. The van der Waals surface area contributed by atoms with Gasteiger partial charge in [-0.25, -0.2) is 0 Å². The van der Waals surface area contributed by atoms with E-state index in [2.05, 4.69) is 0 Å². The van der Waals surface area contributed by atoms with Crippen molar-refractivity contribution in [3.05, 3.63) is 159 Å². The maximum Gasteiger partial charge on any atom is 0.265 e. The molecule has 0 aromatic heterocycles. The number of amides is 2. The minimum absolute atomic E-state index is 0.274. The molecular formula is C38H26N2O4. The topological polar surface area (TPSA) is 66.9 Å². The van der Waals surface area contributed by atoms with E-state index in [0.29, 0.717) is 33.7 Å². The zero-order chi connectivity index (χ0) is 30.3. The zero-order valence-electron chi connectivity index (χ0n) is 24.3. The quantitative estimate of drug-likeness (QED) is 0.253. The van der Waals surface area contributed by atoms with E-state index in [4.69, 9.17) is 4.74 Å². The van der Waals surface area contributed by atoms with Gasteiger partial charge in [-0.3, -0.25) is 24.2 Å². The van der Waals surface area contributed by atoms with Crippen molar-refractivity contribution in [2.45, 2.75) is 13.8 Å². The van der Waals surface area contributed by atoms with Gasteiger partial charge in [-0.1, -0.05) is 60.7 Å². The fourth-order valence-electron chi connectivity index (χ4n) is 6.80. The maximum absolute atomic E-state index is 14.5. The number of aryl methyl sites for hydroxylation is 2. The molecule has 4 aromatic rings. The molecule has 0 aliphatic carbocycles. The largest absolute Gasteiger partial charge is 0.496 e. The van der Waals surface area contributed by atoms with Crippen molar-refractivity contribution in [3.63, 3.8) is 0 Å². The van der Waals surface area contributed by atoms with Crippen LogP contribution in [0.3, 0.4) is 0 Å². The van der Waals surface area contributed by atoms with Crippen molar-refractivity contribution in [2.75, 3.05) is 7.11 Å². The number of aldehydes is 1. The van der Waals surface area contributed by atoms with Crippen LogP contribution in [0.4, 0.5) is 0 Å². The van der Waals surface area contributed by atoms with Crippen LogP contribution in [0.2, 0.25) is 0 Å². The third kappa shape index (κ3) is 3.45. The van der Waals surface area contributed by atoms with Crippen molar-refractivity contribution in [3.8, 4) is 5.75 Å². The highest BCUT2D eigenvalue weighted by molar-refractivity contribution is 6.32. The highest BCUT2D eigenvalue weighted by Gasteiger charge is 2.51. The summed E-state index contributed by atoms with van der Waals surface area (Å²) in [6, 6.07) is 27.5. The number of hydrogen-bond donors (Lipinski definition) is 0. The van der Waals surface area contributed by atoms with Gasteiger partial charge in [-0.15, -0.1) is 0 Å². The van der Waals surface area contributed by atoms with E-state index in [1.165, 1.54) is 0 Å². The van der Waals surface area contributed by atoms with Crippen LogP contribution >= 0.6 is 0 Å². The molecule has 0 radical (unpaired) electrons. The van der Waals surface area contributed by atoms with Crippen LogP contribution in [0.25, 0.3) is 22.5 Å². The van der Waals surface area contributed by atoms with Gasteiger partial charge >= 0.3 is 0 Å². The van der Waals surface area contributed by atoms with Gasteiger partial charge in [0, 0.05) is 40.2 Å². The molecule has 0 spiro atoms. The van der Waals surface area contributed by atoms with Crippen LogP contribution in [-0.4, -0.2) is 35.0 Å². The number of benzene rings is 4. The van der Waals surface area contributed by atoms with Crippen LogP contribution in [0.1, 0.15) is 54.9 Å². The summed E-state index contributed by atoms with van der Waals surface area (Å²) in [6.45, 7) is 3.86. The first-order valence-electron chi connectivity index (χ1n) is 14.4. The average molecular weight is 575 g/mol. The number of nitrogens with zero attached hydrogens (tertiary/aromatic N) is 2. The molecule has 44 heavy (non-hydrogen) atoms. The van der Waals surface area contributed by atoms with Gasteiger partial charge in [0.25, 0.3) is 11.8 Å². The first-order chi connectivity index (χ1) is 21.4. The standard InChI is InChI=1S/C38H26N2O4/c1-21-14-26-29(16-25(21)20-41)36-34-33(37(42)40(36)18-30(26)23-10-6-4-7-11-23)35-28-15-22(2)32(44-3)17-27(28)31(19-39(35)38(34)43)24-12-8-5-9-13-24/h4-20H,1-3H3. The van der Waals surface area contributed by atoms with Gasteiger partial charge in [0.05, 0.1) is 29.7 Å². The lowest BCUT2D eigenvalue weighted by atomic mass is 9.86. The molecule has 4 aromatic carbocycles. The Labute approximate surface area is 254 Å². The van der Waals surface area contributed by atoms with Gasteiger partial charge < -0.3 is 4.74 Å². The minimum Gasteiger partial charge on any atom is -0.496 e. The van der Waals surface area contributed by atoms with Crippen LogP contribution in [0, 0.1) is 13.8 Å². The average Bonchev–Trinajstić information content (AvgIpc) is 3.51. The Hall–Kier alpha value is -5.75. The fraction of sp³-hybridized carbons (Fsp3) is 0.0789. The highest BCUT2D eigenvalue weighted by Crippen LogP contribution is 2.54. The van der Waals surface area contributed by atoms with E-state index in [1.807, 2.05) is 111 Å². The molecule has 0 N–H and O–H groups in total. The first-order valence-corrected chi connectivity index (χ1v) is 14.4. The first kappa shape index (κ1) is 25.9. The summed E-state index contributed by atoms with van der Waals surface area (Å²) in [6.07, 6.45) is 4.49. The number of fused-ring (bicyclic) bond motifs is 7. The molecule has 6 heteroatoms. The number of methoxy groups -OCH3 is 1. The third-order valence-electron chi connectivity index (χ3n) is 8.92. The third-order valence-corrected chi connectivity index (χ3v) is 8.92. The summed E-state index contributed by atoms with van der Waals surface area (Å²) in [5.41, 5.74) is 10.9. The lowest BCUT2D eigenvalue weighted by Crippen LogP contribution is -2.28. The smallest absolute Gasteiger partial charge is 0.265 e. The second kappa shape index (κ2) is 9.38. The van der Waals surface area contributed by atoms with Gasteiger partial charge in [-0.2, -0.15) is 0 Å². The Morgan fingerprint density at radius 1 is 0.614 bits per heavy atom. The van der Waals surface area contributed by atoms with E-state index in [-0.39, 0.29) is 11.8 Å². The van der Waals surface area contributed by atoms with Crippen LogP contribution in [-0.2, 0) is 9.59 Å². The van der Waals surface area contributed by atoms with Gasteiger partial charge in [0.15, 0.2) is 0 Å². The number of hydrogen-bond acceptors (Lipinski definition) is 4. The predicted octanol–water partition coefficient (Wildman–Crippen LogP) is 6.74. The molecule has 4 aliphatic rings. The maximum atomic E-state index is 14.5. The summed E-state index contributed by atoms with van der Waals surface area (Å²) in [4.78, 5) is 44.3. The Balaban J connectivity index is 1.43. The fourth-order valence-corrected chi connectivity index (χ4v) is 6.80. The summed E-state index contributed by atoms with van der Waals surface area (Å²) in [5.74, 6) is 0.178. The Bertz CT molecular complexity index is 2120. The molecule has 0 unspecified atom stereocenters. The van der Waals surface area contributed by atoms with Crippen molar-refractivity contribution < 1.29 is 19.1 Å². The summed E-state index contributed by atoms with van der Waals surface area (Å²) in [7, 11) is 1.64. The zero-order valence-corrected chi connectivity index (χ0v) is 24.3. The second-order valence-electron chi connectivity index (χ2n) is 11.4. The van der Waals surface area contributed by atoms with Crippen LogP contribution in [0.15, 0.2) is 108 Å². The molecule has 0 bridgehead atoms. The molecule has 0 saturated heterocycles. The predicted molar refractivity (Wildman–Crippen MR) is 169 cm³/mol. The van der Waals surface area contributed by atoms with Crippen LogP contribution in [0.5, 0.6) is 5.75 Å². The number of carbonyl (C=O) groups is 3. The number of rotatable bonds is 4. The monoisotopic (exact) mass is 574 g/mol. The molecule has 2 amide bonds. The molecule has 8 rings (SSSR count). The SMILES string of the molecule is COc1cc2c(cc1C)C1=C3C(=O)N4C=C(c5ccccc5)c5cc(C)c(C=O)cc5C4=C3C(=O)N1C=C2c1ccccc1. The summed E-state index contributed by atoms with van der Waals surface area (Å²) >= 11 is 0. The second-order valence-corrected chi connectivity index (χ2v) is 11.4. The van der Waals surface area contributed by atoms with Gasteiger partial charge in [0.1, 0.15) is 12.0 Å². The van der Waals surface area contributed by atoms with Crippen molar-refractivity contribution in [2.24, 2.45) is 0 Å². The van der Waals surface area contributed by atoms with E-state index in [9.17, 15) is 14.4 Å². The van der Waals surface area contributed by atoms with Crippen molar-refractivity contribution >= 4 is 40.6 Å². The molecular weight excluding hydrogens is 548 g/mol. The Morgan fingerprint density at radius 2 is 1.09 bits per heavy atom. The van der Waals surface area contributed by atoms with E-state index in [1.54, 1.807) is 16.9 Å². The van der Waals surface area contributed by atoms with E-state index < -0.39 is 0 Å². The van der Waals surface area contributed by atoms with E-state index >= 15 is 0 Å². The van der Waals surface area contributed by atoms with E-state index in [0.717, 1.165) is 62.1 Å². The van der Waals surface area contributed by atoms with Crippen molar-refractivity contribution in [1.82, 2.24) is 9.80 Å². The number of ether oxygens (including phenoxy) is 1. The molecule has 4 heterocycles. The highest BCUT2D eigenvalue weighted by atomic mass is 16.5. The summed E-state index contributed by atoms with van der Waals surface area (Å²) < 4.78 is 5.69. The Morgan fingerprint density at radius 3 is 1.59 bits per heavy atom. The van der Waals surface area contributed by atoms with Gasteiger partial charge in [-0.05, 0) is 71.5 Å². The molecule has 0 saturated carbocycles. The normalized spacial score (nSPS) is 16.2.